The van der Waals surface area contributed by atoms with E-state index in [1.54, 1.807) is 18.3 Å². The molecule has 2 rings (SSSR count). The fraction of sp³-hybridized carbons (Fsp3) is 0.176. The lowest BCUT2D eigenvalue weighted by molar-refractivity contribution is -0.139. The van der Waals surface area contributed by atoms with Crippen molar-refractivity contribution < 1.29 is 19.4 Å². The first kappa shape index (κ1) is 16.8. The van der Waals surface area contributed by atoms with Gasteiger partial charge in [-0.25, -0.2) is 4.79 Å². The largest absolute Gasteiger partial charge is 0.490 e. The summed E-state index contributed by atoms with van der Waals surface area (Å²) in [7, 11) is 0. The lowest BCUT2D eigenvalue weighted by Gasteiger charge is -2.13. The third-order valence-corrected chi connectivity index (χ3v) is 3.07. The molecule has 0 spiro atoms. The predicted octanol–water partition coefficient (Wildman–Crippen LogP) is 3.95. The molecule has 0 amide bonds. The van der Waals surface area contributed by atoms with Crippen LogP contribution in [0.15, 0.2) is 47.5 Å². The van der Waals surface area contributed by atoms with Gasteiger partial charge in [-0.05, 0) is 36.8 Å². The van der Waals surface area contributed by atoms with E-state index in [2.05, 4.69) is 4.99 Å². The van der Waals surface area contributed by atoms with E-state index in [1.165, 1.54) is 0 Å². The van der Waals surface area contributed by atoms with Crippen molar-refractivity contribution in [1.29, 1.82) is 0 Å². The minimum absolute atomic E-state index is 0.216. The molecular formula is C17H16ClNO4. The number of aliphatic imine (C=N–C) groups is 1. The van der Waals surface area contributed by atoms with Crippen LogP contribution >= 0.6 is 11.6 Å². The average Bonchev–Trinajstić information content (AvgIpc) is 2.53. The molecule has 0 saturated carbocycles. The van der Waals surface area contributed by atoms with Crippen molar-refractivity contribution >= 4 is 29.5 Å². The van der Waals surface area contributed by atoms with E-state index in [-0.39, 0.29) is 10.8 Å². The van der Waals surface area contributed by atoms with Crippen LogP contribution in [0.2, 0.25) is 5.02 Å². The first-order chi connectivity index (χ1) is 11.1. The number of carboxylic acid groups (broad SMARTS) is 1. The Labute approximate surface area is 139 Å². The Morgan fingerprint density at radius 2 is 2.00 bits per heavy atom. The van der Waals surface area contributed by atoms with Crippen molar-refractivity contribution in [3.05, 3.63) is 53.1 Å². The molecule has 0 heterocycles. The van der Waals surface area contributed by atoms with Crippen LogP contribution in [0, 0.1) is 0 Å². The molecule has 2 aromatic rings. The van der Waals surface area contributed by atoms with Crippen LogP contribution in [0.5, 0.6) is 11.5 Å². The van der Waals surface area contributed by atoms with Crippen LogP contribution < -0.4 is 9.47 Å². The highest BCUT2D eigenvalue weighted by Gasteiger charge is 2.13. The number of carboxylic acids is 1. The number of carbonyl (C=O) groups is 1. The molecule has 0 bridgehead atoms. The molecular weight excluding hydrogens is 318 g/mol. The van der Waals surface area contributed by atoms with Crippen LogP contribution in [0.3, 0.4) is 0 Å². The van der Waals surface area contributed by atoms with E-state index in [4.69, 9.17) is 26.2 Å². The number of benzene rings is 2. The maximum absolute atomic E-state index is 10.6. The average molecular weight is 334 g/mol. The number of nitrogens with zero attached hydrogens (tertiary/aromatic N) is 1. The SMILES string of the molecule is CCOc1cc(C=Nc2ccccc2)cc(Cl)c1OCC(=O)O. The maximum Gasteiger partial charge on any atom is 0.341 e. The number of rotatable bonds is 7. The highest BCUT2D eigenvalue weighted by atomic mass is 35.5. The molecule has 0 aromatic heterocycles. The quantitative estimate of drug-likeness (QED) is 0.779. The molecule has 0 aliphatic rings. The number of hydrogen-bond acceptors (Lipinski definition) is 4. The third kappa shape index (κ3) is 5.00. The summed E-state index contributed by atoms with van der Waals surface area (Å²) >= 11 is 6.18. The molecule has 1 N–H and O–H groups in total. The molecule has 0 aliphatic heterocycles. The van der Waals surface area contributed by atoms with Gasteiger partial charge in [0.1, 0.15) is 0 Å². The Hall–Kier alpha value is -2.53. The minimum atomic E-state index is -1.08. The Bertz CT molecular complexity index is 701. The van der Waals surface area contributed by atoms with Gasteiger partial charge in [0.15, 0.2) is 18.1 Å². The lowest BCUT2D eigenvalue weighted by Crippen LogP contribution is -2.11. The molecule has 120 valence electrons. The van der Waals surface area contributed by atoms with E-state index in [9.17, 15) is 4.79 Å². The van der Waals surface area contributed by atoms with E-state index >= 15 is 0 Å². The van der Waals surface area contributed by atoms with E-state index < -0.39 is 12.6 Å². The molecule has 2 aromatic carbocycles. The summed E-state index contributed by atoms with van der Waals surface area (Å²) in [5.74, 6) is -0.484. The first-order valence-corrected chi connectivity index (χ1v) is 7.38. The molecule has 0 atom stereocenters. The van der Waals surface area contributed by atoms with Gasteiger partial charge >= 0.3 is 5.97 Å². The first-order valence-electron chi connectivity index (χ1n) is 7.00. The molecule has 0 aliphatic carbocycles. The van der Waals surface area contributed by atoms with Crippen LogP contribution in [0.4, 0.5) is 5.69 Å². The normalized spacial score (nSPS) is 10.7. The summed E-state index contributed by atoms with van der Waals surface area (Å²) in [5.41, 5.74) is 1.54. The highest BCUT2D eigenvalue weighted by Crippen LogP contribution is 2.36. The van der Waals surface area contributed by atoms with Gasteiger partial charge in [-0.2, -0.15) is 0 Å². The topological polar surface area (TPSA) is 68.1 Å². The van der Waals surface area contributed by atoms with Gasteiger partial charge in [0, 0.05) is 6.21 Å². The van der Waals surface area contributed by atoms with Gasteiger partial charge in [0.2, 0.25) is 0 Å². The van der Waals surface area contributed by atoms with Gasteiger partial charge < -0.3 is 14.6 Å². The van der Waals surface area contributed by atoms with Crippen molar-refractivity contribution in [3.63, 3.8) is 0 Å². The highest BCUT2D eigenvalue weighted by molar-refractivity contribution is 6.32. The summed E-state index contributed by atoms with van der Waals surface area (Å²) in [5, 5.41) is 8.99. The number of aliphatic carboxylic acids is 1. The van der Waals surface area contributed by atoms with Crippen molar-refractivity contribution in [3.8, 4) is 11.5 Å². The summed E-state index contributed by atoms with van der Waals surface area (Å²) < 4.78 is 10.7. The van der Waals surface area contributed by atoms with Gasteiger partial charge in [0.05, 0.1) is 17.3 Å². The fourth-order valence-electron chi connectivity index (χ4n) is 1.86. The Kier molecular flexibility index (Phi) is 6.00. The number of para-hydroxylation sites is 1. The second-order valence-electron chi connectivity index (χ2n) is 4.54. The molecule has 0 unspecified atom stereocenters. The maximum atomic E-state index is 10.6. The van der Waals surface area contributed by atoms with Crippen LogP contribution in [-0.2, 0) is 4.79 Å². The van der Waals surface area contributed by atoms with Crippen molar-refractivity contribution in [2.75, 3.05) is 13.2 Å². The summed E-state index contributed by atoms with van der Waals surface area (Å²) in [6.45, 7) is 1.73. The molecule has 0 fully saturated rings. The van der Waals surface area contributed by atoms with Crippen molar-refractivity contribution in [2.24, 2.45) is 4.99 Å². The molecule has 0 saturated heterocycles. The number of hydrogen-bond donors (Lipinski definition) is 1. The molecule has 0 radical (unpaired) electrons. The molecule has 5 nitrogen and oxygen atoms in total. The van der Waals surface area contributed by atoms with Crippen LogP contribution in [-0.4, -0.2) is 30.5 Å². The zero-order valence-corrected chi connectivity index (χ0v) is 13.3. The smallest absolute Gasteiger partial charge is 0.341 e. The summed E-state index contributed by atoms with van der Waals surface area (Å²) in [6, 6.07) is 12.8. The third-order valence-electron chi connectivity index (χ3n) is 2.79. The molecule has 6 heteroatoms. The monoisotopic (exact) mass is 333 g/mol. The van der Waals surface area contributed by atoms with Gasteiger partial charge in [-0.1, -0.05) is 29.8 Å². The van der Waals surface area contributed by atoms with Gasteiger partial charge in [0.25, 0.3) is 0 Å². The van der Waals surface area contributed by atoms with Gasteiger partial charge in [-0.15, -0.1) is 0 Å². The Morgan fingerprint density at radius 1 is 1.26 bits per heavy atom. The zero-order chi connectivity index (χ0) is 16.7. The second kappa shape index (κ2) is 8.19. The zero-order valence-electron chi connectivity index (χ0n) is 12.5. The fourth-order valence-corrected chi connectivity index (χ4v) is 2.14. The summed E-state index contributed by atoms with van der Waals surface area (Å²) in [4.78, 5) is 15.0. The van der Waals surface area contributed by atoms with Crippen LogP contribution in [0.25, 0.3) is 0 Å². The summed E-state index contributed by atoms with van der Waals surface area (Å²) in [6.07, 6.45) is 1.66. The Balaban J connectivity index is 2.28. The minimum Gasteiger partial charge on any atom is -0.490 e. The molecule has 23 heavy (non-hydrogen) atoms. The van der Waals surface area contributed by atoms with Crippen LogP contribution in [0.1, 0.15) is 12.5 Å². The van der Waals surface area contributed by atoms with Crippen molar-refractivity contribution in [1.82, 2.24) is 0 Å². The lowest BCUT2D eigenvalue weighted by atomic mass is 10.2. The number of halogens is 1. The van der Waals surface area contributed by atoms with E-state index in [0.717, 1.165) is 11.3 Å². The Morgan fingerprint density at radius 3 is 2.65 bits per heavy atom. The van der Waals surface area contributed by atoms with Crippen molar-refractivity contribution in [2.45, 2.75) is 6.92 Å². The standard InChI is InChI=1S/C17H16ClNO4/c1-2-22-15-9-12(10-19-13-6-4-3-5-7-13)8-14(18)17(15)23-11-16(20)21/h3-10H,2,11H2,1H3,(H,20,21). The predicted molar refractivity (Wildman–Crippen MR) is 89.4 cm³/mol. The second-order valence-corrected chi connectivity index (χ2v) is 4.95. The number of ether oxygens (including phenoxy) is 2. The van der Waals surface area contributed by atoms with E-state index in [0.29, 0.717) is 12.4 Å². The van der Waals surface area contributed by atoms with Gasteiger partial charge in [-0.3, -0.25) is 4.99 Å². The van der Waals surface area contributed by atoms with E-state index in [1.807, 2.05) is 37.3 Å².